The number of hydrogen-bond acceptors (Lipinski definition) is 4. The maximum absolute atomic E-state index is 7.22. The summed E-state index contributed by atoms with van der Waals surface area (Å²) < 4.78 is 23.8. The summed E-state index contributed by atoms with van der Waals surface area (Å²) >= 11 is 0. The van der Waals surface area contributed by atoms with Gasteiger partial charge in [0, 0.05) is 44.8 Å². The molecule has 10 aromatic rings. The highest BCUT2D eigenvalue weighted by atomic mass is 16.5. The third-order valence-electron chi connectivity index (χ3n) is 14.0. The smallest absolute Gasteiger partial charge is 0.260 e. The van der Waals surface area contributed by atoms with E-state index in [1.807, 2.05) is 6.07 Å². The number of para-hydroxylation sites is 3. The van der Waals surface area contributed by atoms with Crippen molar-refractivity contribution in [1.29, 1.82) is 0 Å². The number of hydrogen-bond donors (Lipinski definition) is 0. The molecule has 0 saturated heterocycles. The predicted octanol–water partition coefficient (Wildman–Crippen LogP) is 14.8. The fourth-order valence-corrected chi connectivity index (χ4v) is 10.4. The van der Waals surface area contributed by atoms with Crippen molar-refractivity contribution in [2.75, 3.05) is 4.90 Å². The highest BCUT2D eigenvalue weighted by molar-refractivity contribution is 6.98. The van der Waals surface area contributed by atoms with E-state index in [0.29, 0.717) is 0 Å². The molecule has 0 atom stereocenters. The van der Waals surface area contributed by atoms with E-state index in [4.69, 9.17) is 13.9 Å². The molecule has 2 aliphatic rings. The van der Waals surface area contributed by atoms with Crippen molar-refractivity contribution in [3.8, 4) is 28.7 Å². The van der Waals surface area contributed by atoms with E-state index < -0.39 is 0 Å². The van der Waals surface area contributed by atoms with E-state index >= 15 is 0 Å². The molecule has 2 aromatic heterocycles. The molecule has 0 radical (unpaired) electrons. The minimum atomic E-state index is -0.208. The van der Waals surface area contributed by atoms with Gasteiger partial charge in [-0.25, -0.2) is 0 Å². The number of rotatable bonds is 4. The van der Waals surface area contributed by atoms with Crippen molar-refractivity contribution >= 4 is 83.9 Å². The van der Waals surface area contributed by atoms with Crippen molar-refractivity contribution in [3.05, 3.63) is 174 Å². The Morgan fingerprint density at radius 1 is 0.455 bits per heavy atom. The van der Waals surface area contributed by atoms with Gasteiger partial charge in [0.2, 0.25) is 0 Å². The van der Waals surface area contributed by atoms with Crippen molar-refractivity contribution in [1.82, 2.24) is 4.57 Å². The summed E-state index contributed by atoms with van der Waals surface area (Å²) in [5, 5.41) is 4.49. The largest absolute Gasteiger partial charge is 0.458 e. The van der Waals surface area contributed by atoms with Crippen LogP contribution in [0.2, 0.25) is 0 Å². The summed E-state index contributed by atoms with van der Waals surface area (Å²) in [4.78, 5) is 2.35. The molecule has 0 amide bonds. The monoisotopic (exact) mass is 860 g/mol. The van der Waals surface area contributed by atoms with Crippen LogP contribution in [-0.4, -0.2) is 11.3 Å². The van der Waals surface area contributed by atoms with Crippen LogP contribution in [0.4, 0.5) is 17.1 Å². The first-order valence-electron chi connectivity index (χ1n) is 23.3. The van der Waals surface area contributed by atoms with Gasteiger partial charge in [-0.3, -0.25) is 0 Å². The van der Waals surface area contributed by atoms with Gasteiger partial charge in [0.1, 0.15) is 22.8 Å². The standard InChI is InChI=1S/C60H53BN2O3/c1-58(2,3)36-22-26-39(27-23-36)62(40-28-24-37(25-29-40)59(4,5)6)41-30-31-45-51(34-41)64-52-32-38(60(7,8)9)33-53-55(52)61(45)46-35-49(54-44-18-12-15-21-50(44)65-57(54)56(46)66-53)63-47-19-13-10-16-42(47)43-17-11-14-20-48(43)63/h10-35H,1-9H3. The molecule has 4 heterocycles. The number of fused-ring (bicyclic) bond motifs is 11. The zero-order valence-corrected chi connectivity index (χ0v) is 39.2. The van der Waals surface area contributed by atoms with Crippen LogP contribution in [0.3, 0.4) is 0 Å². The van der Waals surface area contributed by atoms with Crippen LogP contribution in [0.25, 0.3) is 49.4 Å². The summed E-state index contributed by atoms with van der Waals surface area (Å²) in [7, 11) is 0. The van der Waals surface area contributed by atoms with Crippen LogP contribution in [0.1, 0.15) is 79.0 Å². The summed E-state index contributed by atoms with van der Waals surface area (Å²) in [5.41, 5.74) is 14.9. The minimum absolute atomic E-state index is 0.0326. The molecule has 0 saturated carbocycles. The van der Waals surface area contributed by atoms with E-state index in [-0.39, 0.29) is 23.0 Å². The fourth-order valence-electron chi connectivity index (χ4n) is 10.4. The maximum Gasteiger partial charge on any atom is 0.260 e. The Balaban J connectivity index is 1.12. The Kier molecular flexibility index (Phi) is 8.66. The Labute approximate surface area is 387 Å². The number of anilines is 3. The van der Waals surface area contributed by atoms with Crippen LogP contribution < -0.4 is 30.8 Å². The molecule has 324 valence electrons. The molecule has 12 rings (SSSR count). The van der Waals surface area contributed by atoms with E-state index in [2.05, 4.69) is 223 Å². The maximum atomic E-state index is 7.22. The first kappa shape index (κ1) is 40.3. The third kappa shape index (κ3) is 6.21. The Hall–Kier alpha value is -7.18. The Morgan fingerprint density at radius 2 is 0.970 bits per heavy atom. The average molecular weight is 861 g/mol. The summed E-state index contributed by atoms with van der Waals surface area (Å²) in [6.45, 7) is 20.1. The summed E-state index contributed by atoms with van der Waals surface area (Å²) in [5.74, 6) is 3.18. The number of benzene rings is 8. The van der Waals surface area contributed by atoms with Crippen LogP contribution in [-0.2, 0) is 16.2 Å². The van der Waals surface area contributed by atoms with Gasteiger partial charge < -0.3 is 23.4 Å². The molecule has 0 spiro atoms. The van der Waals surface area contributed by atoms with Crippen LogP contribution in [0.5, 0.6) is 23.0 Å². The SMILES string of the molecule is CC(C)(C)c1ccc(N(c2ccc(C(C)(C)C)cc2)c2ccc3c(c2)Oc2cc(C(C)(C)C)cc4c2B3c2cc(-n3c5ccccc5c5ccccc53)c3c(oc5ccccc53)c2O4)cc1. The molecule has 6 heteroatoms. The number of furan rings is 1. The summed E-state index contributed by atoms with van der Waals surface area (Å²) in [6.07, 6.45) is 0. The molecule has 0 bridgehead atoms. The first-order chi connectivity index (χ1) is 31.6. The summed E-state index contributed by atoms with van der Waals surface area (Å²) in [6, 6.07) is 57.4. The molecule has 5 nitrogen and oxygen atoms in total. The van der Waals surface area contributed by atoms with Crippen LogP contribution in [0.15, 0.2) is 162 Å². The average Bonchev–Trinajstić information content (AvgIpc) is 3.85. The molecule has 0 fully saturated rings. The van der Waals surface area contributed by atoms with E-state index in [1.54, 1.807) is 0 Å². The molecule has 8 aromatic carbocycles. The normalized spacial score (nSPS) is 13.4. The van der Waals surface area contributed by atoms with Gasteiger partial charge in [-0.2, -0.15) is 0 Å². The molecule has 0 aliphatic carbocycles. The second-order valence-electron chi connectivity index (χ2n) is 21.4. The van der Waals surface area contributed by atoms with Crippen LogP contribution in [0, 0.1) is 0 Å². The van der Waals surface area contributed by atoms with Gasteiger partial charge in [-0.15, -0.1) is 0 Å². The minimum Gasteiger partial charge on any atom is -0.458 e. The second-order valence-corrected chi connectivity index (χ2v) is 21.4. The zero-order chi connectivity index (χ0) is 45.4. The van der Waals surface area contributed by atoms with E-state index in [9.17, 15) is 0 Å². The lowest BCUT2D eigenvalue weighted by molar-refractivity contribution is 0.456. The highest BCUT2D eigenvalue weighted by Gasteiger charge is 2.43. The number of nitrogens with zero attached hydrogens (tertiary/aromatic N) is 2. The molecule has 2 aliphatic heterocycles. The van der Waals surface area contributed by atoms with Gasteiger partial charge in [0.25, 0.3) is 6.71 Å². The van der Waals surface area contributed by atoms with Crippen LogP contribution >= 0.6 is 0 Å². The predicted molar refractivity (Wildman–Crippen MR) is 277 cm³/mol. The van der Waals surface area contributed by atoms with Crippen molar-refractivity contribution < 1.29 is 13.9 Å². The number of ether oxygens (including phenoxy) is 2. The van der Waals surface area contributed by atoms with E-state index in [0.717, 1.165) is 101 Å². The Morgan fingerprint density at radius 3 is 1.55 bits per heavy atom. The number of aromatic nitrogens is 1. The van der Waals surface area contributed by atoms with Crippen molar-refractivity contribution in [2.45, 2.75) is 78.6 Å². The zero-order valence-electron chi connectivity index (χ0n) is 39.2. The molecular weight excluding hydrogens is 807 g/mol. The highest BCUT2D eigenvalue weighted by Crippen LogP contribution is 2.47. The van der Waals surface area contributed by atoms with Crippen molar-refractivity contribution in [2.24, 2.45) is 0 Å². The molecule has 0 N–H and O–H groups in total. The lowest BCUT2D eigenvalue weighted by Gasteiger charge is -2.35. The Bertz CT molecular complexity index is 3480. The van der Waals surface area contributed by atoms with Gasteiger partial charge in [0.05, 0.1) is 22.1 Å². The van der Waals surface area contributed by atoms with Gasteiger partial charge in [-0.05, 0) is 111 Å². The third-order valence-corrected chi connectivity index (χ3v) is 14.0. The molecular formula is C60H53BN2O3. The molecule has 0 unspecified atom stereocenters. The lowest BCUT2D eigenvalue weighted by atomic mass is 9.34. The molecule has 66 heavy (non-hydrogen) atoms. The van der Waals surface area contributed by atoms with Crippen molar-refractivity contribution in [3.63, 3.8) is 0 Å². The second kappa shape index (κ2) is 14.2. The topological polar surface area (TPSA) is 39.8 Å². The fraction of sp³-hybridized carbons (Fsp3) is 0.200. The van der Waals surface area contributed by atoms with Gasteiger partial charge in [0.15, 0.2) is 11.3 Å². The van der Waals surface area contributed by atoms with Gasteiger partial charge >= 0.3 is 0 Å². The quantitative estimate of drug-likeness (QED) is 0.165. The first-order valence-corrected chi connectivity index (χ1v) is 23.3. The van der Waals surface area contributed by atoms with Gasteiger partial charge in [-0.1, -0.05) is 147 Å². The lowest BCUT2D eigenvalue weighted by Crippen LogP contribution is -2.57. The van der Waals surface area contributed by atoms with E-state index in [1.165, 1.54) is 21.9 Å².